The van der Waals surface area contributed by atoms with Gasteiger partial charge < -0.3 is 10.1 Å². The Morgan fingerprint density at radius 2 is 2.10 bits per heavy atom. The zero-order valence-electron chi connectivity index (χ0n) is 11.7. The van der Waals surface area contributed by atoms with Crippen LogP contribution >= 0.6 is 0 Å². The maximum Gasteiger partial charge on any atom is 0.251 e. The Labute approximate surface area is 119 Å². The number of methoxy groups -OCH3 is 1. The molecule has 112 valence electrons. The molecule has 0 aliphatic rings. The second kappa shape index (κ2) is 7.86. The minimum atomic E-state index is -3.35. The number of carbonyl (C=O) groups excluding carboxylic acids is 1. The number of sulfonamides is 1. The number of rotatable bonds is 8. The first kappa shape index (κ1) is 16.5. The molecule has 0 heterocycles. The molecule has 0 aliphatic heterocycles. The lowest BCUT2D eigenvalue weighted by Crippen LogP contribution is -2.27. The van der Waals surface area contributed by atoms with E-state index in [9.17, 15) is 13.2 Å². The first-order valence-electron chi connectivity index (χ1n) is 6.36. The van der Waals surface area contributed by atoms with Gasteiger partial charge in [0, 0.05) is 24.9 Å². The van der Waals surface area contributed by atoms with E-state index in [0.717, 1.165) is 0 Å². The minimum absolute atomic E-state index is 0.0528. The lowest BCUT2D eigenvalue weighted by Gasteiger charge is -2.09. The first-order chi connectivity index (χ1) is 9.48. The van der Waals surface area contributed by atoms with E-state index in [4.69, 9.17) is 4.74 Å². The predicted molar refractivity (Wildman–Crippen MR) is 78.4 cm³/mol. The molecular weight excluding hydrogens is 280 g/mol. The fourth-order valence-corrected chi connectivity index (χ4v) is 2.72. The summed E-state index contributed by atoms with van der Waals surface area (Å²) in [5, 5.41) is 2.67. The molecule has 7 heteroatoms. The molecule has 1 amide bonds. The monoisotopic (exact) mass is 300 g/mol. The second-order valence-electron chi connectivity index (χ2n) is 4.25. The quantitative estimate of drug-likeness (QED) is 0.707. The van der Waals surface area contributed by atoms with Crippen LogP contribution in [0.4, 0.5) is 5.69 Å². The van der Waals surface area contributed by atoms with Crippen molar-refractivity contribution >= 4 is 21.6 Å². The summed E-state index contributed by atoms with van der Waals surface area (Å²) in [5.74, 6) is -0.212. The van der Waals surface area contributed by atoms with E-state index in [1.54, 1.807) is 32.2 Å². The van der Waals surface area contributed by atoms with Crippen LogP contribution < -0.4 is 10.0 Å². The maximum atomic E-state index is 11.8. The number of amides is 1. The van der Waals surface area contributed by atoms with E-state index >= 15 is 0 Å². The van der Waals surface area contributed by atoms with E-state index in [1.807, 2.05) is 0 Å². The predicted octanol–water partition coefficient (Wildman–Crippen LogP) is 1.21. The van der Waals surface area contributed by atoms with Crippen molar-refractivity contribution in [2.75, 3.05) is 30.7 Å². The summed E-state index contributed by atoms with van der Waals surface area (Å²) in [5.41, 5.74) is 0.788. The molecule has 1 aromatic rings. The number of nitrogens with one attached hydrogen (secondary N) is 2. The molecule has 1 aromatic carbocycles. The fourth-order valence-electron chi connectivity index (χ4n) is 1.59. The zero-order valence-corrected chi connectivity index (χ0v) is 12.5. The Kier molecular flexibility index (Phi) is 6.47. The van der Waals surface area contributed by atoms with Crippen LogP contribution in [0.1, 0.15) is 23.7 Å². The highest BCUT2D eigenvalue weighted by Gasteiger charge is 2.10. The molecule has 0 aromatic heterocycles. The summed E-state index contributed by atoms with van der Waals surface area (Å²) in [4.78, 5) is 11.8. The van der Waals surface area contributed by atoms with Crippen molar-refractivity contribution in [3.63, 3.8) is 0 Å². The van der Waals surface area contributed by atoms with E-state index in [2.05, 4.69) is 10.0 Å². The Balaban J connectivity index is 2.73. The van der Waals surface area contributed by atoms with Crippen LogP contribution in [0.3, 0.4) is 0 Å². The van der Waals surface area contributed by atoms with Gasteiger partial charge in [-0.3, -0.25) is 9.52 Å². The average molecular weight is 300 g/mol. The van der Waals surface area contributed by atoms with Gasteiger partial charge in [-0.2, -0.15) is 0 Å². The van der Waals surface area contributed by atoms with Gasteiger partial charge in [-0.25, -0.2) is 8.42 Å². The van der Waals surface area contributed by atoms with Gasteiger partial charge >= 0.3 is 0 Å². The highest BCUT2D eigenvalue weighted by Crippen LogP contribution is 2.12. The van der Waals surface area contributed by atoms with E-state index in [-0.39, 0.29) is 11.7 Å². The fraction of sp³-hybridized carbons (Fsp3) is 0.462. The molecule has 0 spiro atoms. The molecule has 1 rings (SSSR count). The van der Waals surface area contributed by atoms with Crippen molar-refractivity contribution in [2.45, 2.75) is 13.3 Å². The molecule has 20 heavy (non-hydrogen) atoms. The zero-order chi connectivity index (χ0) is 15.0. The van der Waals surface area contributed by atoms with Crippen LogP contribution in [-0.4, -0.2) is 40.3 Å². The van der Waals surface area contributed by atoms with Crippen LogP contribution in [0.5, 0.6) is 0 Å². The Hall–Kier alpha value is -1.60. The lowest BCUT2D eigenvalue weighted by molar-refractivity contribution is 0.0937. The van der Waals surface area contributed by atoms with E-state index in [1.165, 1.54) is 6.07 Å². The van der Waals surface area contributed by atoms with E-state index in [0.29, 0.717) is 30.8 Å². The number of carbonyl (C=O) groups is 1. The van der Waals surface area contributed by atoms with Crippen LogP contribution in [0.25, 0.3) is 0 Å². The SMILES string of the molecule is CCCS(=O)(=O)Nc1cccc(C(=O)NCCOC)c1. The van der Waals surface area contributed by atoms with Gasteiger partial charge in [-0.05, 0) is 24.6 Å². The number of benzene rings is 1. The molecule has 6 nitrogen and oxygen atoms in total. The third-order valence-corrected chi connectivity index (χ3v) is 3.96. The van der Waals surface area contributed by atoms with Crippen LogP contribution in [0.15, 0.2) is 24.3 Å². The highest BCUT2D eigenvalue weighted by atomic mass is 32.2. The van der Waals surface area contributed by atoms with Gasteiger partial charge in [0.25, 0.3) is 5.91 Å². The van der Waals surface area contributed by atoms with Crippen molar-refractivity contribution in [1.29, 1.82) is 0 Å². The normalized spacial score (nSPS) is 11.1. The molecular formula is C13H20N2O4S. The average Bonchev–Trinajstić information content (AvgIpc) is 2.38. The number of hydrogen-bond acceptors (Lipinski definition) is 4. The Bertz CT molecular complexity index is 543. The van der Waals surface area contributed by atoms with Gasteiger partial charge in [0.2, 0.25) is 10.0 Å². The number of anilines is 1. The maximum absolute atomic E-state index is 11.8. The Morgan fingerprint density at radius 1 is 1.35 bits per heavy atom. The summed E-state index contributed by atoms with van der Waals surface area (Å²) in [7, 11) is -1.80. The highest BCUT2D eigenvalue weighted by molar-refractivity contribution is 7.92. The largest absolute Gasteiger partial charge is 0.383 e. The van der Waals surface area contributed by atoms with Crippen molar-refractivity contribution < 1.29 is 17.9 Å². The smallest absolute Gasteiger partial charge is 0.251 e. The van der Waals surface area contributed by atoms with Crippen LogP contribution in [0, 0.1) is 0 Å². The summed E-state index contributed by atoms with van der Waals surface area (Å²) >= 11 is 0. The Morgan fingerprint density at radius 3 is 2.75 bits per heavy atom. The summed E-state index contributed by atoms with van der Waals surface area (Å²) in [6, 6.07) is 6.38. The molecule has 0 bridgehead atoms. The topological polar surface area (TPSA) is 84.5 Å². The van der Waals surface area contributed by atoms with Gasteiger partial charge in [0.1, 0.15) is 0 Å². The third-order valence-electron chi connectivity index (χ3n) is 2.46. The lowest BCUT2D eigenvalue weighted by atomic mass is 10.2. The summed E-state index contributed by atoms with van der Waals surface area (Å²) in [6.07, 6.45) is 0.534. The van der Waals surface area contributed by atoms with Crippen molar-refractivity contribution in [3.05, 3.63) is 29.8 Å². The molecule has 2 N–H and O–H groups in total. The van der Waals surface area contributed by atoms with Crippen molar-refractivity contribution in [2.24, 2.45) is 0 Å². The van der Waals surface area contributed by atoms with Crippen LogP contribution in [0.2, 0.25) is 0 Å². The standard InChI is InChI=1S/C13H20N2O4S/c1-3-9-20(17,18)15-12-6-4-5-11(10-12)13(16)14-7-8-19-2/h4-6,10,15H,3,7-9H2,1-2H3,(H,14,16). The van der Waals surface area contributed by atoms with Crippen molar-refractivity contribution in [1.82, 2.24) is 5.32 Å². The first-order valence-corrected chi connectivity index (χ1v) is 8.01. The number of hydrogen-bond donors (Lipinski definition) is 2. The van der Waals surface area contributed by atoms with Crippen molar-refractivity contribution in [3.8, 4) is 0 Å². The van der Waals surface area contributed by atoms with Gasteiger partial charge in [0.15, 0.2) is 0 Å². The van der Waals surface area contributed by atoms with Gasteiger partial charge in [-0.1, -0.05) is 13.0 Å². The molecule has 0 aliphatic carbocycles. The molecule has 0 saturated heterocycles. The molecule has 0 fully saturated rings. The number of ether oxygens (including phenoxy) is 1. The summed E-state index contributed by atoms with van der Waals surface area (Å²) in [6.45, 7) is 2.62. The second-order valence-corrected chi connectivity index (χ2v) is 6.09. The van der Waals surface area contributed by atoms with Crippen LogP contribution in [-0.2, 0) is 14.8 Å². The minimum Gasteiger partial charge on any atom is -0.383 e. The third kappa shape index (κ3) is 5.58. The van der Waals surface area contributed by atoms with Gasteiger partial charge in [0.05, 0.1) is 12.4 Å². The molecule has 0 saturated carbocycles. The molecule has 0 radical (unpaired) electrons. The summed E-state index contributed by atoms with van der Waals surface area (Å²) < 4.78 is 30.6. The van der Waals surface area contributed by atoms with E-state index < -0.39 is 10.0 Å². The molecule has 0 unspecified atom stereocenters. The van der Waals surface area contributed by atoms with Gasteiger partial charge in [-0.15, -0.1) is 0 Å². The molecule has 0 atom stereocenters.